The van der Waals surface area contributed by atoms with Gasteiger partial charge in [-0.3, -0.25) is 0 Å². The Morgan fingerprint density at radius 3 is 2.22 bits per heavy atom. The van der Waals surface area contributed by atoms with Crippen LogP contribution in [-0.2, 0) is 6.42 Å². The predicted molar refractivity (Wildman–Crippen MR) is 156 cm³/mol. The van der Waals surface area contributed by atoms with E-state index < -0.39 is 0 Å². The lowest BCUT2D eigenvalue weighted by atomic mass is 9.42. The van der Waals surface area contributed by atoms with Crippen molar-refractivity contribution >= 4 is 15.9 Å². The zero-order valence-corrected chi connectivity index (χ0v) is 25.4. The summed E-state index contributed by atoms with van der Waals surface area (Å²) in [6.07, 6.45) is 16.1. The van der Waals surface area contributed by atoms with Gasteiger partial charge < -0.3 is 5.11 Å². The first-order chi connectivity index (χ1) is 17.1. The van der Waals surface area contributed by atoms with Gasteiger partial charge in [-0.25, -0.2) is 0 Å². The summed E-state index contributed by atoms with van der Waals surface area (Å²) in [5, 5.41) is 11.2. The Morgan fingerprint density at radius 1 is 0.833 bits per heavy atom. The van der Waals surface area contributed by atoms with Crippen LogP contribution in [0.4, 0.5) is 0 Å². The van der Waals surface area contributed by atoms with Crippen LogP contribution in [0.3, 0.4) is 0 Å². The minimum absolute atomic E-state index is 0.125. The smallest absolute Gasteiger partial charge is 0.0574 e. The van der Waals surface area contributed by atoms with Gasteiger partial charge in [0.05, 0.1) is 6.10 Å². The lowest BCUT2D eigenvalue weighted by Crippen LogP contribution is -2.57. The van der Waals surface area contributed by atoms with E-state index in [0.717, 1.165) is 52.8 Å². The molecule has 0 bridgehead atoms. The average Bonchev–Trinajstić information content (AvgIpc) is 3.19. The normalized spacial score (nSPS) is 43.1. The highest BCUT2D eigenvalue weighted by Crippen LogP contribution is 2.69. The predicted octanol–water partition coefficient (Wildman–Crippen LogP) is 9.70. The molecule has 0 unspecified atom stereocenters. The van der Waals surface area contributed by atoms with Crippen molar-refractivity contribution in [1.29, 1.82) is 0 Å². The summed E-state index contributed by atoms with van der Waals surface area (Å²) in [4.78, 5) is 0. The first-order valence-corrected chi connectivity index (χ1v) is 16.3. The Kier molecular flexibility index (Phi) is 8.07. The van der Waals surface area contributed by atoms with Crippen LogP contribution in [0.5, 0.6) is 0 Å². The van der Waals surface area contributed by atoms with Crippen molar-refractivity contribution in [3.05, 3.63) is 34.3 Å². The maximum Gasteiger partial charge on any atom is 0.0574 e. The molecule has 1 N–H and O–H groups in total. The maximum absolute atomic E-state index is 11.2. The maximum atomic E-state index is 11.2. The largest absolute Gasteiger partial charge is 0.393 e. The summed E-state index contributed by atoms with van der Waals surface area (Å²) in [6, 6.07) is 8.87. The van der Waals surface area contributed by atoms with Crippen molar-refractivity contribution in [2.24, 2.45) is 58.2 Å². The van der Waals surface area contributed by atoms with Crippen molar-refractivity contribution in [3.8, 4) is 0 Å². The molecule has 0 amide bonds. The number of hydrogen-bond donors (Lipinski definition) is 1. The fraction of sp³-hybridized carbons (Fsp3) is 0.824. The van der Waals surface area contributed by atoms with E-state index in [1.54, 1.807) is 0 Å². The van der Waals surface area contributed by atoms with Gasteiger partial charge in [-0.05, 0) is 134 Å². The number of halogens is 1. The Morgan fingerprint density at radius 2 is 1.50 bits per heavy atom. The molecule has 4 fully saturated rings. The van der Waals surface area contributed by atoms with Crippen molar-refractivity contribution in [2.75, 3.05) is 0 Å². The monoisotopic (exact) mass is 556 g/mol. The molecule has 36 heavy (non-hydrogen) atoms. The molecule has 1 aromatic rings. The lowest BCUT2D eigenvalue weighted by molar-refractivity contribution is -0.152. The highest BCUT2D eigenvalue weighted by molar-refractivity contribution is 9.10. The van der Waals surface area contributed by atoms with Gasteiger partial charge >= 0.3 is 0 Å². The highest BCUT2D eigenvalue weighted by atomic mass is 79.9. The van der Waals surface area contributed by atoms with Crippen LogP contribution in [-0.4, -0.2) is 11.2 Å². The topological polar surface area (TPSA) is 20.2 Å². The zero-order chi connectivity index (χ0) is 25.7. The van der Waals surface area contributed by atoms with Gasteiger partial charge in [-0.15, -0.1) is 0 Å². The fourth-order valence-electron chi connectivity index (χ4n) is 10.7. The van der Waals surface area contributed by atoms with Gasteiger partial charge in [-0.2, -0.15) is 0 Å². The van der Waals surface area contributed by atoms with Crippen LogP contribution in [0.15, 0.2) is 28.7 Å². The molecule has 1 nitrogen and oxygen atoms in total. The van der Waals surface area contributed by atoms with Gasteiger partial charge in [0.25, 0.3) is 0 Å². The third-order valence-electron chi connectivity index (χ3n) is 12.5. The van der Waals surface area contributed by atoms with E-state index in [1.807, 2.05) is 0 Å². The van der Waals surface area contributed by atoms with E-state index in [1.165, 1.54) is 69.8 Å². The summed E-state index contributed by atoms with van der Waals surface area (Å²) in [6.45, 7) is 12.7. The Bertz CT molecular complexity index is 878. The average molecular weight is 558 g/mol. The van der Waals surface area contributed by atoms with Crippen LogP contribution >= 0.6 is 15.9 Å². The van der Waals surface area contributed by atoms with Crippen LogP contribution in [0.1, 0.15) is 111 Å². The summed E-state index contributed by atoms with van der Waals surface area (Å²) in [5.41, 5.74) is 2.40. The molecule has 4 aliphatic rings. The number of hydrogen-bond acceptors (Lipinski definition) is 1. The van der Waals surface area contributed by atoms with Crippen LogP contribution < -0.4 is 0 Å². The van der Waals surface area contributed by atoms with Crippen molar-refractivity contribution in [2.45, 2.75) is 118 Å². The minimum atomic E-state index is -0.125. The third kappa shape index (κ3) is 4.89. The molecule has 0 aliphatic heterocycles. The molecule has 0 heterocycles. The summed E-state index contributed by atoms with van der Waals surface area (Å²) >= 11 is 3.59. The Labute approximate surface area is 230 Å². The molecule has 10 atom stereocenters. The van der Waals surface area contributed by atoms with Crippen LogP contribution in [0.25, 0.3) is 0 Å². The van der Waals surface area contributed by atoms with E-state index in [0.29, 0.717) is 22.7 Å². The molecule has 202 valence electrons. The van der Waals surface area contributed by atoms with Crippen LogP contribution in [0, 0.1) is 58.2 Å². The Hall–Kier alpha value is -0.340. The van der Waals surface area contributed by atoms with Gasteiger partial charge in [0.15, 0.2) is 0 Å². The van der Waals surface area contributed by atoms with Gasteiger partial charge in [-0.1, -0.05) is 81.9 Å². The third-order valence-corrected chi connectivity index (χ3v) is 13.0. The van der Waals surface area contributed by atoms with Crippen molar-refractivity contribution < 1.29 is 5.11 Å². The zero-order valence-electron chi connectivity index (χ0n) is 23.8. The lowest BCUT2D eigenvalue weighted by Gasteiger charge is -2.63. The SMILES string of the molecule is CC(C)CCC[C@@H](C)[C@H]1CC[C@H]2[C@@H]3CC[C@H]4[C@H](Cc5ccc(Br)cc5)[C@H](O)CC[C@]4(C)[C@H]3CC[C@]12C. The van der Waals surface area contributed by atoms with Gasteiger partial charge in [0.1, 0.15) is 0 Å². The van der Waals surface area contributed by atoms with Gasteiger partial charge in [0, 0.05) is 4.47 Å². The van der Waals surface area contributed by atoms with E-state index in [2.05, 4.69) is 74.8 Å². The molecule has 0 radical (unpaired) electrons. The highest BCUT2D eigenvalue weighted by Gasteiger charge is 2.61. The van der Waals surface area contributed by atoms with Gasteiger partial charge in [0.2, 0.25) is 0 Å². The first-order valence-electron chi connectivity index (χ1n) is 15.6. The molecular weight excluding hydrogens is 504 g/mol. The fourth-order valence-corrected chi connectivity index (χ4v) is 11.0. The number of rotatable bonds is 7. The molecule has 5 rings (SSSR count). The molecule has 2 heteroatoms. The standard InChI is InChI=1S/C34H53BrO/c1-22(2)7-6-8-23(3)28-15-16-29-26-13-14-30-27(21-24-9-11-25(35)12-10-24)32(36)18-20-34(30,5)31(26)17-19-33(28,29)4/h9-12,22-23,26-32,36H,6-8,13-21H2,1-5H3/t23-,26+,27+,28-,29+,30+,31+,32-,33-,34+/m1/s1. The first kappa shape index (κ1) is 27.2. The molecule has 0 saturated heterocycles. The number of benzene rings is 1. The molecule has 0 aromatic heterocycles. The molecule has 0 spiro atoms. The van der Waals surface area contributed by atoms with Crippen LogP contribution in [0.2, 0.25) is 0 Å². The second kappa shape index (κ2) is 10.7. The second-order valence-corrected chi connectivity index (χ2v) is 15.6. The van der Waals surface area contributed by atoms with Crippen molar-refractivity contribution in [3.63, 3.8) is 0 Å². The van der Waals surface area contributed by atoms with E-state index in [4.69, 9.17) is 0 Å². The number of aliphatic hydroxyl groups excluding tert-OH is 1. The van der Waals surface area contributed by atoms with E-state index in [-0.39, 0.29) is 6.10 Å². The number of fused-ring (bicyclic) bond motifs is 5. The molecule has 4 aliphatic carbocycles. The minimum Gasteiger partial charge on any atom is -0.393 e. The molecular formula is C34H53BrO. The molecule has 1 aromatic carbocycles. The summed E-state index contributed by atoms with van der Waals surface area (Å²) in [7, 11) is 0. The van der Waals surface area contributed by atoms with E-state index in [9.17, 15) is 5.11 Å². The Balaban J connectivity index is 1.31. The van der Waals surface area contributed by atoms with Crippen molar-refractivity contribution in [1.82, 2.24) is 0 Å². The molecule has 4 saturated carbocycles. The summed E-state index contributed by atoms with van der Waals surface area (Å²) < 4.78 is 1.15. The summed E-state index contributed by atoms with van der Waals surface area (Å²) in [5.74, 6) is 6.55. The second-order valence-electron chi connectivity index (χ2n) is 14.7. The van der Waals surface area contributed by atoms with E-state index >= 15 is 0 Å². The number of aliphatic hydroxyl groups is 1. The quantitative estimate of drug-likeness (QED) is 0.354.